The van der Waals surface area contributed by atoms with E-state index in [0.717, 1.165) is 24.6 Å². The van der Waals surface area contributed by atoms with E-state index < -0.39 is 24.9 Å². The van der Waals surface area contributed by atoms with Gasteiger partial charge in [-0.15, -0.1) is 0 Å². The highest BCUT2D eigenvalue weighted by atomic mass is 79.9. The van der Waals surface area contributed by atoms with Gasteiger partial charge in [0.15, 0.2) is 0 Å². The molecule has 0 aromatic heterocycles. The molecule has 15 heavy (non-hydrogen) atoms. The van der Waals surface area contributed by atoms with Crippen LogP contribution < -0.4 is 5.32 Å². The lowest BCUT2D eigenvalue weighted by Crippen LogP contribution is -2.25. The first-order valence-corrected chi connectivity index (χ1v) is 5.97. The van der Waals surface area contributed by atoms with Gasteiger partial charge in [0.25, 0.3) is 0 Å². The van der Waals surface area contributed by atoms with Gasteiger partial charge in [0, 0.05) is 18.3 Å². The first kappa shape index (κ1) is 14.7. The summed E-state index contributed by atoms with van der Waals surface area (Å²) in [6, 6.07) is 0. The molecule has 0 fully saturated rings. The van der Waals surface area contributed by atoms with Gasteiger partial charge >= 0.3 is 6.18 Å². The molecule has 0 spiro atoms. The van der Waals surface area contributed by atoms with Gasteiger partial charge in [0.2, 0.25) is 5.91 Å². The summed E-state index contributed by atoms with van der Waals surface area (Å²) in [6.07, 6.45) is -2.97. The lowest BCUT2D eigenvalue weighted by atomic mass is 10.2. The van der Waals surface area contributed by atoms with Crippen LogP contribution in [0.15, 0.2) is 0 Å². The summed E-state index contributed by atoms with van der Waals surface area (Å²) in [5.41, 5.74) is 0. The van der Waals surface area contributed by atoms with Gasteiger partial charge in [-0.2, -0.15) is 13.2 Å². The predicted molar refractivity (Wildman–Crippen MR) is 55.9 cm³/mol. The molecule has 6 heteroatoms. The molecule has 0 aliphatic heterocycles. The number of carbonyl (C=O) groups is 1. The summed E-state index contributed by atoms with van der Waals surface area (Å²) in [5, 5.41) is 3.37. The summed E-state index contributed by atoms with van der Waals surface area (Å²) in [5.74, 6) is -0.522. The van der Waals surface area contributed by atoms with Crippen LogP contribution in [0.3, 0.4) is 0 Å². The van der Waals surface area contributed by atoms with Crippen LogP contribution in [0.5, 0.6) is 0 Å². The number of halogens is 4. The third-order valence-corrected chi connectivity index (χ3v) is 2.33. The topological polar surface area (TPSA) is 29.1 Å². The Labute approximate surface area is 95.7 Å². The highest BCUT2D eigenvalue weighted by Crippen LogP contribution is 2.20. The second-order valence-corrected chi connectivity index (χ2v) is 4.01. The molecule has 0 atom stereocenters. The first-order chi connectivity index (χ1) is 6.95. The summed E-state index contributed by atoms with van der Waals surface area (Å²) in [6.45, 7) is 0.462. The fourth-order valence-corrected chi connectivity index (χ4v) is 1.36. The maximum atomic E-state index is 11.7. The Morgan fingerprint density at radius 2 is 1.87 bits per heavy atom. The van der Waals surface area contributed by atoms with Crippen LogP contribution in [0.2, 0.25) is 0 Å². The van der Waals surface area contributed by atoms with Crippen molar-refractivity contribution in [3.8, 4) is 0 Å². The zero-order valence-corrected chi connectivity index (χ0v) is 9.96. The lowest BCUT2D eigenvalue weighted by molar-refractivity contribution is -0.144. The smallest absolute Gasteiger partial charge is 0.356 e. The van der Waals surface area contributed by atoms with Gasteiger partial charge in [-0.05, 0) is 12.8 Å². The average Bonchev–Trinajstić information content (AvgIpc) is 2.13. The van der Waals surface area contributed by atoms with E-state index in [2.05, 4.69) is 21.2 Å². The van der Waals surface area contributed by atoms with E-state index in [0.29, 0.717) is 6.54 Å². The Hall–Kier alpha value is -0.260. The summed E-state index contributed by atoms with van der Waals surface area (Å²) in [4.78, 5) is 10.9. The molecule has 0 saturated heterocycles. The van der Waals surface area contributed by atoms with E-state index in [1.165, 1.54) is 0 Å². The average molecular weight is 290 g/mol. The van der Waals surface area contributed by atoms with Crippen LogP contribution in [-0.2, 0) is 4.79 Å². The van der Waals surface area contributed by atoms with Gasteiger partial charge < -0.3 is 5.32 Å². The van der Waals surface area contributed by atoms with Crippen molar-refractivity contribution in [2.24, 2.45) is 0 Å². The van der Waals surface area contributed by atoms with Crippen LogP contribution in [0.25, 0.3) is 0 Å². The normalized spacial score (nSPS) is 11.5. The molecule has 0 unspecified atom stereocenters. The van der Waals surface area contributed by atoms with Crippen molar-refractivity contribution in [2.75, 3.05) is 11.9 Å². The van der Waals surface area contributed by atoms with E-state index >= 15 is 0 Å². The SMILES string of the molecule is O=C(CCC(F)(F)F)NCCCCCBr. The monoisotopic (exact) mass is 289 g/mol. The molecule has 0 saturated carbocycles. The molecule has 2 nitrogen and oxygen atoms in total. The van der Waals surface area contributed by atoms with Crippen LogP contribution in [0, 0.1) is 0 Å². The molecular formula is C9H15BrF3NO. The molecule has 0 aromatic rings. The van der Waals surface area contributed by atoms with Gasteiger partial charge in [-0.25, -0.2) is 0 Å². The number of amides is 1. The Morgan fingerprint density at radius 1 is 1.20 bits per heavy atom. The highest BCUT2D eigenvalue weighted by molar-refractivity contribution is 9.09. The molecular weight excluding hydrogens is 275 g/mol. The molecule has 0 aliphatic carbocycles. The van der Waals surface area contributed by atoms with Gasteiger partial charge in [0.1, 0.15) is 0 Å². The Morgan fingerprint density at radius 3 is 2.40 bits per heavy atom. The van der Waals surface area contributed by atoms with Crippen molar-refractivity contribution < 1.29 is 18.0 Å². The standard InChI is InChI=1S/C9H15BrF3NO/c10-6-2-1-3-7-14-8(15)4-5-9(11,12)13/h1-7H2,(H,14,15). The maximum Gasteiger partial charge on any atom is 0.389 e. The van der Waals surface area contributed by atoms with E-state index in [1.54, 1.807) is 0 Å². The molecule has 0 radical (unpaired) electrons. The highest BCUT2D eigenvalue weighted by Gasteiger charge is 2.27. The number of carbonyl (C=O) groups excluding carboxylic acids is 1. The third-order valence-electron chi connectivity index (χ3n) is 1.77. The number of hydrogen-bond acceptors (Lipinski definition) is 1. The number of hydrogen-bond donors (Lipinski definition) is 1. The van der Waals surface area contributed by atoms with Crippen molar-refractivity contribution in [1.82, 2.24) is 5.32 Å². The number of rotatable bonds is 7. The molecule has 0 rings (SSSR count). The van der Waals surface area contributed by atoms with Gasteiger partial charge in [-0.1, -0.05) is 22.4 Å². The van der Waals surface area contributed by atoms with Crippen molar-refractivity contribution in [3.63, 3.8) is 0 Å². The molecule has 0 bridgehead atoms. The first-order valence-electron chi connectivity index (χ1n) is 4.85. The third kappa shape index (κ3) is 11.7. The number of alkyl halides is 4. The number of unbranched alkanes of at least 4 members (excludes halogenated alkanes) is 2. The minimum atomic E-state index is -4.24. The van der Waals surface area contributed by atoms with Crippen molar-refractivity contribution in [1.29, 1.82) is 0 Å². The van der Waals surface area contributed by atoms with E-state index in [9.17, 15) is 18.0 Å². The summed E-state index contributed by atoms with van der Waals surface area (Å²) >= 11 is 3.26. The fraction of sp³-hybridized carbons (Fsp3) is 0.889. The Balaban J connectivity index is 3.34. The van der Waals surface area contributed by atoms with Crippen molar-refractivity contribution in [2.45, 2.75) is 38.3 Å². The van der Waals surface area contributed by atoms with Crippen LogP contribution >= 0.6 is 15.9 Å². The molecule has 90 valence electrons. The van der Waals surface area contributed by atoms with Crippen molar-refractivity contribution in [3.05, 3.63) is 0 Å². The zero-order chi connectivity index (χ0) is 11.7. The zero-order valence-electron chi connectivity index (χ0n) is 8.37. The molecule has 0 aliphatic rings. The minimum absolute atomic E-state index is 0.462. The van der Waals surface area contributed by atoms with Crippen LogP contribution in [0.4, 0.5) is 13.2 Å². The molecule has 0 aromatic carbocycles. The van der Waals surface area contributed by atoms with E-state index in [4.69, 9.17) is 0 Å². The second kappa shape index (κ2) is 7.96. The molecule has 1 N–H and O–H groups in total. The van der Waals surface area contributed by atoms with E-state index in [1.807, 2.05) is 0 Å². The lowest BCUT2D eigenvalue weighted by Gasteiger charge is -2.06. The Kier molecular flexibility index (Phi) is 7.82. The summed E-state index contributed by atoms with van der Waals surface area (Å²) in [7, 11) is 0. The quantitative estimate of drug-likeness (QED) is 0.567. The minimum Gasteiger partial charge on any atom is -0.356 e. The van der Waals surface area contributed by atoms with Crippen LogP contribution in [0.1, 0.15) is 32.1 Å². The molecule has 0 heterocycles. The predicted octanol–water partition coefficient (Wildman–Crippen LogP) is 3.01. The molecule has 1 amide bonds. The number of nitrogens with one attached hydrogen (secondary N) is 1. The largest absolute Gasteiger partial charge is 0.389 e. The van der Waals surface area contributed by atoms with Crippen molar-refractivity contribution >= 4 is 21.8 Å². The van der Waals surface area contributed by atoms with Gasteiger partial charge in [0.05, 0.1) is 6.42 Å². The maximum absolute atomic E-state index is 11.7. The van der Waals surface area contributed by atoms with Gasteiger partial charge in [-0.3, -0.25) is 4.79 Å². The van der Waals surface area contributed by atoms with E-state index in [-0.39, 0.29) is 0 Å². The van der Waals surface area contributed by atoms with Crippen LogP contribution in [-0.4, -0.2) is 24.0 Å². The second-order valence-electron chi connectivity index (χ2n) is 3.21. The summed E-state index contributed by atoms with van der Waals surface area (Å²) < 4.78 is 35.2. The fourth-order valence-electron chi connectivity index (χ4n) is 0.968. The Bertz CT molecular complexity index is 185.